The minimum absolute atomic E-state index is 0.485. The minimum atomic E-state index is -4.28. The van der Waals surface area contributed by atoms with Crippen molar-refractivity contribution in [3.8, 4) is 0 Å². The summed E-state index contributed by atoms with van der Waals surface area (Å²) in [6.07, 6.45) is 0.548. The molecule has 0 aliphatic heterocycles. The lowest BCUT2D eigenvalue weighted by atomic mass is 9.96. The number of hydrogen-bond acceptors (Lipinski definition) is 0. The first-order chi connectivity index (χ1) is 8.91. The van der Waals surface area contributed by atoms with E-state index in [0.29, 0.717) is 11.3 Å². The standard InChI is InChI=1S/C15H18F3N/c1-3-4-10(2)7-11-9-19-14-6-5-12(8-13(11)14)15(16,17)18/h5-6,8-10,19H,3-4,7H2,1-2H3. The zero-order valence-electron chi connectivity index (χ0n) is 11.1. The third kappa shape index (κ3) is 3.11. The Morgan fingerprint density at radius 1 is 1.26 bits per heavy atom. The number of benzene rings is 1. The second-order valence-electron chi connectivity index (χ2n) is 5.17. The molecule has 0 fully saturated rings. The average molecular weight is 269 g/mol. The average Bonchev–Trinajstić information content (AvgIpc) is 2.71. The van der Waals surface area contributed by atoms with Crippen molar-refractivity contribution in [3.05, 3.63) is 35.5 Å². The summed E-state index contributed by atoms with van der Waals surface area (Å²) in [5.41, 5.74) is 1.16. The Morgan fingerprint density at radius 2 is 2.00 bits per heavy atom. The molecule has 19 heavy (non-hydrogen) atoms. The summed E-state index contributed by atoms with van der Waals surface area (Å²) in [6.45, 7) is 4.25. The highest BCUT2D eigenvalue weighted by Crippen LogP contribution is 2.32. The number of fused-ring (bicyclic) bond motifs is 1. The molecule has 0 saturated carbocycles. The zero-order valence-corrected chi connectivity index (χ0v) is 11.1. The van der Waals surface area contributed by atoms with Gasteiger partial charge in [0, 0.05) is 17.1 Å². The van der Waals surface area contributed by atoms with Crippen molar-refractivity contribution in [2.75, 3.05) is 0 Å². The molecule has 1 nitrogen and oxygen atoms in total. The largest absolute Gasteiger partial charge is 0.416 e. The second-order valence-corrected chi connectivity index (χ2v) is 5.17. The van der Waals surface area contributed by atoms with Gasteiger partial charge >= 0.3 is 6.18 Å². The molecule has 1 aromatic heterocycles. The van der Waals surface area contributed by atoms with Gasteiger partial charge in [0.2, 0.25) is 0 Å². The molecule has 4 heteroatoms. The molecule has 0 bridgehead atoms. The van der Waals surface area contributed by atoms with Gasteiger partial charge in [0.1, 0.15) is 0 Å². The second kappa shape index (κ2) is 5.27. The molecule has 104 valence electrons. The van der Waals surface area contributed by atoms with E-state index in [2.05, 4.69) is 18.8 Å². The van der Waals surface area contributed by atoms with Crippen LogP contribution in [0.5, 0.6) is 0 Å². The summed E-state index contributed by atoms with van der Waals surface area (Å²) >= 11 is 0. The van der Waals surface area contributed by atoms with E-state index in [4.69, 9.17) is 0 Å². The van der Waals surface area contributed by atoms with E-state index in [-0.39, 0.29) is 0 Å². The fraction of sp³-hybridized carbons (Fsp3) is 0.467. The number of aromatic amines is 1. The predicted molar refractivity (Wildman–Crippen MR) is 71.1 cm³/mol. The van der Waals surface area contributed by atoms with Gasteiger partial charge in [-0.25, -0.2) is 0 Å². The van der Waals surface area contributed by atoms with Crippen molar-refractivity contribution in [1.82, 2.24) is 4.98 Å². The maximum Gasteiger partial charge on any atom is 0.416 e. The molecule has 1 heterocycles. The molecular formula is C15H18F3N. The number of rotatable bonds is 4. The number of halogens is 3. The molecule has 0 aliphatic carbocycles. The van der Waals surface area contributed by atoms with Crippen LogP contribution in [0.1, 0.15) is 37.8 Å². The Hall–Kier alpha value is -1.45. The van der Waals surface area contributed by atoms with E-state index in [9.17, 15) is 13.2 Å². The smallest absolute Gasteiger partial charge is 0.361 e. The number of alkyl halides is 3. The topological polar surface area (TPSA) is 15.8 Å². The van der Waals surface area contributed by atoms with Crippen molar-refractivity contribution in [3.63, 3.8) is 0 Å². The highest BCUT2D eigenvalue weighted by atomic mass is 19.4. The minimum Gasteiger partial charge on any atom is -0.361 e. The Kier molecular flexibility index (Phi) is 3.88. The fourth-order valence-corrected chi connectivity index (χ4v) is 2.49. The summed E-state index contributed by atoms with van der Waals surface area (Å²) in [4.78, 5) is 3.05. The van der Waals surface area contributed by atoms with Crippen molar-refractivity contribution in [1.29, 1.82) is 0 Å². The Balaban J connectivity index is 2.35. The van der Waals surface area contributed by atoms with E-state index < -0.39 is 11.7 Å². The molecule has 0 aliphatic rings. The van der Waals surface area contributed by atoms with Crippen LogP contribution >= 0.6 is 0 Å². The lowest BCUT2D eigenvalue weighted by Gasteiger charge is -2.10. The molecule has 1 aromatic carbocycles. The molecule has 0 radical (unpaired) electrons. The first-order valence-electron chi connectivity index (χ1n) is 6.59. The predicted octanol–water partition coefficient (Wildman–Crippen LogP) is 5.17. The molecular weight excluding hydrogens is 251 g/mol. The van der Waals surface area contributed by atoms with E-state index in [1.807, 2.05) is 6.20 Å². The third-order valence-electron chi connectivity index (χ3n) is 3.44. The van der Waals surface area contributed by atoms with Crippen molar-refractivity contribution in [2.45, 2.75) is 39.3 Å². The van der Waals surface area contributed by atoms with Crippen LogP contribution in [0.15, 0.2) is 24.4 Å². The van der Waals surface area contributed by atoms with Crippen molar-refractivity contribution < 1.29 is 13.2 Å². The van der Waals surface area contributed by atoms with Crippen LogP contribution in [0.3, 0.4) is 0 Å². The molecule has 0 spiro atoms. The van der Waals surface area contributed by atoms with Gasteiger partial charge in [-0.05, 0) is 36.1 Å². The normalized spacial score (nSPS) is 13.9. The van der Waals surface area contributed by atoms with Crippen LogP contribution in [0.25, 0.3) is 10.9 Å². The summed E-state index contributed by atoms with van der Waals surface area (Å²) in [6, 6.07) is 3.88. The Labute approximate surface area is 110 Å². The third-order valence-corrected chi connectivity index (χ3v) is 3.44. The molecule has 1 unspecified atom stereocenters. The van der Waals surface area contributed by atoms with Crippen LogP contribution in [0.2, 0.25) is 0 Å². The number of nitrogens with one attached hydrogen (secondary N) is 1. The summed E-state index contributed by atoms with van der Waals surface area (Å²) < 4.78 is 38.2. The maximum atomic E-state index is 12.7. The lowest BCUT2D eigenvalue weighted by Crippen LogP contribution is -2.04. The van der Waals surface area contributed by atoms with Crippen molar-refractivity contribution in [2.24, 2.45) is 5.92 Å². The van der Waals surface area contributed by atoms with Crippen molar-refractivity contribution >= 4 is 10.9 Å². The van der Waals surface area contributed by atoms with Gasteiger partial charge in [-0.1, -0.05) is 26.7 Å². The quantitative estimate of drug-likeness (QED) is 0.788. The van der Waals surface area contributed by atoms with Crippen LogP contribution in [0, 0.1) is 5.92 Å². The van der Waals surface area contributed by atoms with Gasteiger partial charge in [0.05, 0.1) is 5.56 Å². The molecule has 1 atom stereocenters. The number of H-pyrrole nitrogens is 1. The van der Waals surface area contributed by atoms with Gasteiger partial charge in [0.15, 0.2) is 0 Å². The van der Waals surface area contributed by atoms with Crippen LogP contribution in [-0.4, -0.2) is 4.98 Å². The fourth-order valence-electron chi connectivity index (χ4n) is 2.49. The number of aromatic nitrogens is 1. The van der Waals surface area contributed by atoms with Gasteiger partial charge < -0.3 is 4.98 Å². The number of hydrogen-bond donors (Lipinski definition) is 1. The van der Waals surface area contributed by atoms with Crippen LogP contribution < -0.4 is 0 Å². The SMILES string of the molecule is CCCC(C)Cc1c[nH]c2ccc(C(F)(F)F)cc12. The van der Waals surface area contributed by atoms with E-state index in [0.717, 1.165) is 36.4 Å². The van der Waals surface area contributed by atoms with Gasteiger partial charge in [-0.2, -0.15) is 13.2 Å². The Bertz CT molecular complexity index is 554. The molecule has 2 aromatic rings. The molecule has 2 rings (SSSR count). The summed E-state index contributed by atoms with van der Waals surface area (Å²) in [5, 5.41) is 0.692. The first-order valence-corrected chi connectivity index (χ1v) is 6.59. The highest BCUT2D eigenvalue weighted by Gasteiger charge is 2.30. The van der Waals surface area contributed by atoms with E-state index in [1.165, 1.54) is 12.1 Å². The maximum absolute atomic E-state index is 12.7. The first kappa shape index (κ1) is 14.0. The lowest BCUT2D eigenvalue weighted by molar-refractivity contribution is -0.137. The van der Waals surface area contributed by atoms with Crippen LogP contribution in [-0.2, 0) is 12.6 Å². The molecule has 0 amide bonds. The van der Waals surface area contributed by atoms with E-state index >= 15 is 0 Å². The Morgan fingerprint density at radius 3 is 2.63 bits per heavy atom. The highest BCUT2D eigenvalue weighted by molar-refractivity contribution is 5.84. The molecule has 0 saturated heterocycles. The van der Waals surface area contributed by atoms with Gasteiger partial charge in [-0.15, -0.1) is 0 Å². The van der Waals surface area contributed by atoms with E-state index in [1.54, 1.807) is 0 Å². The van der Waals surface area contributed by atoms with Gasteiger partial charge in [-0.3, -0.25) is 0 Å². The monoisotopic (exact) mass is 269 g/mol. The zero-order chi connectivity index (χ0) is 14.0. The summed E-state index contributed by atoms with van der Waals surface area (Å²) in [5.74, 6) is 0.485. The molecule has 1 N–H and O–H groups in total. The van der Waals surface area contributed by atoms with Gasteiger partial charge in [0.25, 0.3) is 0 Å². The summed E-state index contributed by atoms with van der Waals surface area (Å²) in [7, 11) is 0. The van der Waals surface area contributed by atoms with Crippen LogP contribution in [0.4, 0.5) is 13.2 Å².